The van der Waals surface area contributed by atoms with Gasteiger partial charge in [0.2, 0.25) is 5.91 Å². The maximum atomic E-state index is 11.8. The second-order valence-electron chi connectivity index (χ2n) is 3.91. The molecule has 4 heteroatoms. The smallest absolute Gasteiger partial charge is 0.238 e. The monoisotopic (exact) mass is 236 g/mol. The van der Waals surface area contributed by atoms with Gasteiger partial charge in [0, 0.05) is 11.6 Å². The van der Waals surface area contributed by atoms with Gasteiger partial charge in [-0.15, -0.1) is 11.8 Å². The summed E-state index contributed by atoms with van der Waals surface area (Å²) in [6, 6.07) is 10.1. The molecular formula is C12H16N2OS. The minimum atomic E-state index is -0.0313. The Morgan fingerprint density at radius 2 is 2.25 bits per heavy atom. The van der Waals surface area contributed by atoms with Gasteiger partial charge in [0.15, 0.2) is 0 Å². The van der Waals surface area contributed by atoms with Crippen LogP contribution in [0.25, 0.3) is 0 Å². The molecule has 1 aromatic rings. The first-order valence-corrected chi connectivity index (χ1v) is 6.59. The number of thioether (sulfide) groups is 1. The van der Waals surface area contributed by atoms with Crippen molar-refractivity contribution in [3.63, 3.8) is 0 Å². The lowest BCUT2D eigenvalue weighted by Gasteiger charge is -2.17. The predicted molar refractivity (Wildman–Crippen MR) is 67.2 cm³/mol. The van der Waals surface area contributed by atoms with Gasteiger partial charge in [-0.2, -0.15) is 0 Å². The van der Waals surface area contributed by atoms with Crippen LogP contribution in [0.2, 0.25) is 0 Å². The van der Waals surface area contributed by atoms with E-state index in [1.807, 2.05) is 37.3 Å². The zero-order chi connectivity index (χ0) is 11.4. The van der Waals surface area contributed by atoms with Gasteiger partial charge in [-0.05, 0) is 12.5 Å². The van der Waals surface area contributed by atoms with Gasteiger partial charge in [0.05, 0.1) is 12.1 Å². The molecular weight excluding hydrogens is 220 g/mol. The average molecular weight is 236 g/mol. The summed E-state index contributed by atoms with van der Waals surface area (Å²) < 4.78 is 0. The van der Waals surface area contributed by atoms with Crippen molar-refractivity contribution in [3.05, 3.63) is 35.9 Å². The molecule has 0 aromatic heterocycles. The van der Waals surface area contributed by atoms with E-state index in [0.29, 0.717) is 0 Å². The van der Waals surface area contributed by atoms with Crippen LogP contribution in [0.15, 0.2) is 30.3 Å². The highest BCUT2D eigenvalue weighted by atomic mass is 32.2. The summed E-state index contributed by atoms with van der Waals surface area (Å²) in [6.45, 7) is 2.01. The van der Waals surface area contributed by atoms with Crippen molar-refractivity contribution in [2.45, 2.75) is 19.0 Å². The Morgan fingerprint density at radius 1 is 1.50 bits per heavy atom. The van der Waals surface area contributed by atoms with E-state index >= 15 is 0 Å². The number of amides is 1. The maximum Gasteiger partial charge on any atom is 0.238 e. The lowest BCUT2D eigenvalue weighted by Crippen LogP contribution is -2.42. The van der Waals surface area contributed by atoms with E-state index < -0.39 is 0 Å². The molecule has 0 aliphatic carbocycles. The quantitative estimate of drug-likeness (QED) is 0.836. The molecule has 3 nitrogen and oxygen atoms in total. The number of nitrogens with one attached hydrogen (secondary N) is 2. The molecule has 1 aliphatic heterocycles. The molecule has 0 radical (unpaired) electrons. The molecule has 16 heavy (non-hydrogen) atoms. The molecule has 1 fully saturated rings. The number of hydrogen-bond acceptors (Lipinski definition) is 3. The normalized spacial score (nSPS) is 21.7. The Balaban J connectivity index is 1.92. The van der Waals surface area contributed by atoms with Gasteiger partial charge >= 0.3 is 0 Å². The van der Waals surface area contributed by atoms with Crippen LogP contribution < -0.4 is 10.6 Å². The Labute approximate surface area is 100.0 Å². The Bertz CT molecular complexity index is 349. The molecule has 1 saturated heterocycles. The number of hydrogen-bond donors (Lipinski definition) is 2. The first-order chi connectivity index (χ1) is 7.77. The van der Waals surface area contributed by atoms with Crippen molar-refractivity contribution in [1.29, 1.82) is 0 Å². The topological polar surface area (TPSA) is 41.1 Å². The highest BCUT2D eigenvalue weighted by Crippen LogP contribution is 2.14. The van der Waals surface area contributed by atoms with Crippen LogP contribution in [0.1, 0.15) is 18.5 Å². The van der Waals surface area contributed by atoms with Crippen molar-refractivity contribution in [2.75, 3.05) is 11.6 Å². The van der Waals surface area contributed by atoms with Gasteiger partial charge in [0.25, 0.3) is 0 Å². The SMILES string of the molecule is CC(NC(=O)C1CSCN1)c1ccccc1. The van der Waals surface area contributed by atoms with Crippen molar-refractivity contribution >= 4 is 17.7 Å². The third kappa shape index (κ3) is 2.77. The van der Waals surface area contributed by atoms with Crippen LogP contribution in [0.5, 0.6) is 0 Å². The van der Waals surface area contributed by atoms with Crippen molar-refractivity contribution in [1.82, 2.24) is 10.6 Å². The minimum Gasteiger partial charge on any atom is -0.348 e. The zero-order valence-corrected chi connectivity index (χ0v) is 10.1. The molecule has 1 amide bonds. The van der Waals surface area contributed by atoms with E-state index in [1.54, 1.807) is 11.8 Å². The molecule has 1 heterocycles. The first kappa shape index (κ1) is 11.5. The largest absolute Gasteiger partial charge is 0.348 e. The van der Waals surface area contributed by atoms with Crippen LogP contribution in [0.3, 0.4) is 0 Å². The van der Waals surface area contributed by atoms with E-state index in [-0.39, 0.29) is 18.0 Å². The van der Waals surface area contributed by atoms with Crippen LogP contribution in [-0.4, -0.2) is 23.6 Å². The van der Waals surface area contributed by atoms with Gasteiger partial charge in [-0.25, -0.2) is 0 Å². The van der Waals surface area contributed by atoms with Gasteiger partial charge in [-0.3, -0.25) is 10.1 Å². The van der Waals surface area contributed by atoms with Crippen LogP contribution in [0, 0.1) is 0 Å². The Hall–Kier alpha value is -1.00. The second-order valence-corrected chi connectivity index (χ2v) is 4.94. The predicted octanol–water partition coefficient (Wildman–Crippen LogP) is 1.53. The highest BCUT2D eigenvalue weighted by molar-refractivity contribution is 7.99. The highest BCUT2D eigenvalue weighted by Gasteiger charge is 2.23. The summed E-state index contributed by atoms with van der Waals surface area (Å²) in [5.74, 6) is 1.84. The summed E-state index contributed by atoms with van der Waals surface area (Å²) in [7, 11) is 0. The number of rotatable bonds is 3. The zero-order valence-electron chi connectivity index (χ0n) is 9.27. The van der Waals surface area contributed by atoms with E-state index in [0.717, 1.165) is 17.2 Å². The molecule has 2 rings (SSSR count). The summed E-state index contributed by atoms with van der Waals surface area (Å²) in [6.07, 6.45) is 0. The first-order valence-electron chi connectivity index (χ1n) is 5.44. The fourth-order valence-corrected chi connectivity index (χ4v) is 2.64. The van der Waals surface area contributed by atoms with Crippen molar-refractivity contribution in [3.8, 4) is 0 Å². The minimum absolute atomic E-state index is 0.0313. The molecule has 0 bridgehead atoms. The lowest BCUT2D eigenvalue weighted by atomic mass is 10.1. The number of benzene rings is 1. The molecule has 2 atom stereocenters. The van der Waals surface area contributed by atoms with Crippen LogP contribution >= 0.6 is 11.8 Å². The Morgan fingerprint density at radius 3 is 2.88 bits per heavy atom. The van der Waals surface area contributed by atoms with E-state index in [9.17, 15) is 4.79 Å². The van der Waals surface area contributed by atoms with Gasteiger partial charge in [0.1, 0.15) is 0 Å². The molecule has 1 aromatic carbocycles. The summed E-state index contributed by atoms with van der Waals surface area (Å²) in [4.78, 5) is 11.8. The van der Waals surface area contributed by atoms with Gasteiger partial charge in [-0.1, -0.05) is 30.3 Å². The van der Waals surface area contributed by atoms with Crippen LogP contribution in [0.4, 0.5) is 0 Å². The molecule has 0 spiro atoms. The standard InChI is InChI=1S/C12H16N2OS/c1-9(10-5-3-2-4-6-10)14-12(15)11-7-16-8-13-11/h2-6,9,11,13H,7-8H2,1H3,(H,14,15). The van der Waals surface area contributed by atoms with Crippen LogP contribution in [-0.2, 0) is 4.79 Å². The molecule has 0 saturated carbocycles. The fraction of sp³-hybridized carbons (Fsp3) is 0.417. The molecule has 2 unspecified atom stereocenters. The Kier molecular flexibility index (Phi) is 3.85. The number of carbonyl (C=O) groups is 1. The van der Waals surface area contributed by atoms with Gasteiger partial charge < -0.3 is 5.32 Å². The summed E-state index contributed by atoms with van der Waals surface area (Å²) in [5.41, 5.74) is 1.14. The maximum absolute atomic E-state index is 11.8. The lowest BCUT2D eigenvalue weighted by molar-refractivity contribution is -0.123. The summed E-state index contributed by atoms with van der Waals surface area (Å²) in [5, 5.41) is 6.19. The van der Waals surface area contributed by atoms with E-state index in [4.69, 9.17) is 0 Å². The average Bonchev–Trinajstić information content (AvgIpc) is 2.83. The van der Waals surface area contributed by atoms with E-state index in [2.05, 4.69) is 10.6 Å². The van der Waals surface area contributed by atoms with E-state index in [1.165, 1.54) is 0 Å². The van der Waals surface area contributed by atoms with Crippen molar-refractivity contribution < 1.29 is 4.79 Å². The molecule has 1 aliphatic rings. The third-order valence-corrected chi connectivity index (χ3v) is 3.63. The number of carbonyl (C=O) groups excluding carboxylic acids is 1. The summed E-state index contributed by atoms with van der Waals surface area (Å²) >= 11 is 1.76. The molecule has 2 N–H and O–H groups in total. The fourth-order valence-electron chi connectivity index (χ4n) is 1.70. The second kappa shape index (κ2) is 5.37. The third-order valence-electron chi connectivity index (χ3n) is 2.69. The van der Waals surface area contributed by atoms with Crippen molar-refractivity contribution in [2.24, 2.45) is 0 Å². The molecule has 86 valence electrons.